The van der Waals surface area contributed by atoms with Gasteiger partial charge in [0.2, 0.25) is 5.91 Å². The maximum Gasteiger partial charge on any atom is 0.328 e. The Labute approximate surface area is 104 Å². The summed E-state index contributed by atoms with van der Waals surface area (Å²) in [6.45, 7) is 0.872. The van der Waals surface area contributed by atoms with Gasteiger partial charge in [-0.1, -0.05) is 0 Å². The van der Waals surface area contributed by atoms with E-state index in [2.05, 4.69) is 10.6 Å². The number of carbonyl (C=O) groups is 2. The van der Waals surface area contributed by atoms with Gasteiger partial charge in [0.15, 0.2) is 6.04 Å². The van der Waals surface area contributed by atoms with E-state index in [4.69, 9.17) is 9.84 Å². The lowest BCUT2D eigenvalue weighted by Crippen LogP contribution is -2.47. The molecule has 3 N–H and O–H groups in total. The summed E-state index contributed by atoms with van der Waals surface area (Å²) in [6.07, 6.45) is 0.306. The van der Waals surface area contributed by atoms with Crippen LogP contribution in [-0.2, 0) is 14.3 Å². The zero-order chi connectivity index (χ0) is 12.7. The van der Waals surface area contributed by atoms with Crippen molar-refractivity contribution in [1.29, 1.82) is 0 Å². The number of ether oxygens (including phenoxy) is 1. The number of carboxylic acids is 1. The van der Waals surface area contributed by atoms with E-state index in [9.17, 15) is 9.59 Å². The molecule has 0 spiro atoms. The average Bonchev–Trinajstić information content (AvgIpc) is 2.29. The molecule has 7 heteroatoms. The Morgan fingerprint density at radius 2 is 2.41 bits per heavy atom. The monoisotopic (exact) mass is 262 g/mol. The normalized spacial score (nSPS) is 21.8. The SMILES string of the molecule is COCC(NC(=O)CC1CSCCN1)C(=O)O. The fourth-order valence-corrected chi connectivity index (χ4v) is 2.52. The van der Waals surface area contributed by atoms with Gasteiger partial charge in [0.25, 0.3) is 0 Å². The topological polar surface area (TPSA) is 87.7 Å². The molecule has 1 amide bonds. The van der Waals surface area contributed by atoms with E-state index in [1.165, 1.54) is 7.11 Å². The van der Waals surface area contributed by atoms with Gasteiger partial charge in [0, 0.05) is 37.6 Å². The molecule has 1 aliphatic heterocycles. The molecule has 0 aliphatic carbocycles. The maximum absolute atomic E-state index is 11.6. The standard InChI is InChI=1S/C10H18N2O4S/c1-16-5-8(10(14)15)12-9(13)4-7-6-17-3-2-11-7/h7-8,11H,2-6H2,1H3,(H,12,13)(H,14,15). The van der Waals surface area contributed by atoms with Crippen LogP contribution in [0.5, 0.6) is 0 Å². The molecule has 1 aliphatic rings. The van der Waals surface area contributed by atoms with E-state index in [1.54, 1.807) is 11.8 Å². The van der Waals surface area contributed by atoms with Crippen molar-refractivity contribution in [3.8, 4) is 0 Å². The molecule has 0 saturated carbocycles. The highest BCUT2D eigenvalue weighted by Crippen LogP contribution is 2.10. The molecule has 2 unspecified atom stereocenters. The van der Waals surface area contributed by atoms with E-state index >= 15 is 0 Å². The van der Waals surface area contributed by atoms with Gasteiger partial charge in [-0.3, -0.25) is 4.79 Å². The van der Waals surface area contributed by atoms with E-state index in [-0.39, 0.29) is 18.6 Å². The van der Waals surface area contributed by atoms with E-state index < -0.39 is 12.0 Å². The fraction of sp³-hybridized carbons (Fsp3) is 0.800. The Kier molecular flexibility index (Phi) is 6.31. The molecule has 6 nitrogen and oxygen atoms in total. The predicted molar refractivity (Wildman–Crippen MR) is 65.2 cm³/mol. The van der Waals surface area contributed by atoms with Crippen molar-refractivity contribution >= 4 is 23.6 Å². The van der Waals surface area contributed by atoms with Crippen molar-refractivity contribution in [3.63, 3.8) is 0 Å². The summed E-state index contributed by atoms with van der Waals surface area (Å²) in [6, 6.07) is -0.838. The third-order valence-corrected chi connectivity index (χ3v) is 3.53. The van der Waals surface area contributed by atoms with Crippen LogP contribution in [-0.4, -0.2) is 60.8 Å². The summed E-state index contributed by atoms with van der Waals surface area (Å²) in [5.41, 5.74) is 0. The van der Waals surface area contributed by atoms with Crippen LogP contribution < -0.4 is 10.6 Å². The molecule has 17 heavy (non-hydrogen) atoms. The van der Waals surface area contributed by atoms with Crippen LogP contribution in [0.25, 0.3) is 0 Å². The minimum atomic E-state index is -1.08. The first-order chi connectivity index (χ1) is 8.13. The zero-order valence-electron chi connectivity index (χ0n) is 9.77. The van der Waals surface area contributed by atoms with Gasteiger partial charge in [-0.2, -0.15) is 11.8 Å². The number of carboxylic acid groups (broad SMARTS) is 1. The number of methoxy groups -OCH3 is 1. The number of aliphatic carboxylic acids is 1. The zero-order valence-corrected chi connectivity index (χ0v) is 10.6. The minimum absolute atomic E-state index is 0.0199. The number of amides is 1. The van der Waals surface area contributed by atoms with Gasteiger partial charge in [-0.25, -0.2) is 4.79 Å². The smallest absolute Gasteiger partial charge is 0.328 e. The molecule has 0 aromatic rings. The van der Waals surface area contributed by atoms with Crippen LogP contribution in [0.3, 0.4) is 0 Å². The lowest BCUT2D eigenvalue weighted by atomic mass is 10.2. The Hall–Kier alpha value is -0.790. The molecule has 1 saturated heterocycles. The number of rotatable bonds is 6. The second-order valence-corrected chi connectivity index (χ2v) is 4.99. The Morgan fingerprint density at radius 1 is 1.65 bits per heavy atom. The minimum Gasteiger partial charge on any atom is -0.480 e. The molecule has 0 aromatic carbocycles. The van der Waals surface area contributed by atoms with Crippen molar-refractivity contribution in [3.05, 3.63) is 0 Å². The molecular weight excluding hydrogens is 244 g/mol. The lowest BCUT2D eigenvalue weighted by molar-refractivity contribution is -0.143. The number of hydrogen-bond acceptors (Lipinski definition) is 5. The van der Waals surface area contributed by atoms with Crippen molar-refractivity contribution < 1.29 is 19.4 Å². The van der Waals surface area contributed by atoms with Crippen molar-refractivity contribution in [2.45, 2.75) is 18.5 Å². The first kappa shape index (κ1) is 14.3. The number of carbonyl (C=O) groups excluding carboxylic acids is 1. The van der Waals surface area contributed by atoms with Crippen LogP contribution in [0.1, 0.15) is 6.42 Å². The van der Waals surface area contributed by atoms with Gasteiger partial charge in [0.1, 0.15) is 0 Å². The molecule has 0 bridgehead atoms. The number of hydrogen-bond donors (Lipinski definition) is 3. The highest BCUT2D eigenvalue weighted by molar-refractivity contribution is 7.99. The number of thioether (sulfide) groups is 1. The van der Waals surface area contributed by atoms with E-state index in [0.717, 1.165) is 18.1 Å². The summed E-state index contributed by atoms with van der Waals surface area (Å²) in [7, 11) is 1.40. The van der Waals surface area contributed by atoms with Crippen molar-refractivity contribution in [1.82, 2.24) is 10.6 Å². The van der Waals surface area contributed by atoms with Crippen molar-refractivity contribution in [2.24, 2.45) is 0 Å². The van der Waals surface area contributed by atoms with Crippen LogP contribution >= 0.6 is 11.8 Å². The van der Waals surface area contributed by atoms with Crippen molar-refractivity contribution in [2.75, 3.05) is 31.8 Å². The molecule has 1 rings (SSSR count). The molecular formula is C10H18N2O4S. The number of nitrogens with one attached hydrogen (secondary N) is 2. The summed E-state index contributed by atoms with van der Waals surface area (Å²) in [5, 5.41) is 14.5. The molecule has 0 radical (unpaired) electrons. The molecule has 2 atom stereocenters. The fourth-order valence-electron chi connectivity index (χ4n) is 1.57. The first-order valence-corrected chi connectivity index (χ1v) is 6.61. The highest BCUT2D eigenvalue weighted by Gasteiger charge is 2.22. The molecule has 0 aromatic heterocycles. The maximum atomic E-state index is 11.6. The van der Waals surface area contributed by atoms with Gasteiger partial charge >= 0.3 is 5.97 Å². The second-order valence-electron chi connectivity index (χ2n) is 3.84. The summed E-state index contributed by atoms with van der Waals surface area (Å²) in [4.78, 5) is 22.4. The Bertz CT molecular complexity index is 269. The summed E-state index contributed by atoms with van der Waals surface area (Å²) >= 11 is 1.80. The Morgan fingerprint density at radius 3 is 2.94 bits per heavy atom. The van der Waals surface area contributed by atoms with Gasteiger partial charge in [0.05, 0.1) is 6.61 Å². The van der Waals surface area contributed by atoms with Crippen LogP contribution in [0.15, 0.2) is 0 Å². The molecule has 1 fully saturated rings. The van der Waals surface area contributed by atoms with Crippen LogP contribution in [0, 0.1) is 0 Å². The second kappa shape index (κ2) is 7.52. The third-order valence-electron chi connectivity index (χ3n) is 2.40. The average molecular weight is 262 g/mol. The van der Waals surface area contributed by atoms with E-state index in [0.29, 0.717) is 6.42 Å². The quantitative estimate of drug-likeness (QED) is 0.586. The summed E-state index contributed by atoms with van der Waals surface area (Å²) < 4.78 is 4.74. The van der Waals surface area contributed by atoms with Gasteiger partial charge in [-0.15, -0.1) is 0 Å². The summed E-state index contributed by atoms with van der Waals surface area (Å²) in [5.74, 6) is 0.607. The highest BCUT2D eigenvalue weighted by atomic mass is 32.2. The van der Waals surface area contributed by atoms with Gasteiger partial charge in [-0.05, 0) is 0 Å². The molecule has 98 valence electrons. The van der Waals surface area contributed by atoms with Crippen LogP contribution in [0.4, 0.5) is 0 Å². The van der Waals surface area contributed by atoms with E-state index in [1.807, 2.05) is 0 Å². The molecule has 1 heterocycles. The van der Waals surface area contributed by atoms with Crippen LogP contribution in [0.2, 0.25) is 0 Å². The Balaban J connectivity index is 2.33. The largest absolute Gasteiger partial charge is 0.480 e. The third kappa shape index (κ3) is 5.38. The predicted octanol–water partition coefficient (Wildman–Crippen LogP) is -0.703. The van der Waals surface area contributed by atoms with Gasteiger partial charge < -0.3 is 20.5 Å². The lowest BCUT2D eigenvalue weighted by Gasteiger charge is -2.23. The first-order valence-electron chi connectivity index (χ1n) is 5.45.